The van der Waals surface area contributed by atoms with Crippen molar-refractivity contribution in [1.82, 2.24) is 15.3 Å². The van der Waals surface area contributed by atoms with Crippen molar-refractivity contribution in [2.24, 2.45) is 0 Å². The van der Waals surface area contributed by atoms with Crippen molar-refractivity contribution < 1.29 is 0 Å². The third kappa shape index (κ3) is 2.56. The Hall–Kier alpha value is -1.45. The van der Waals surface area contributed by atoms with Gasteiger partial charge < -0.3 is 5.32 Å². The molecule has 3 rings (SSSR count). The number of aryl methyl sites for hydroxylation is 2. The van der Waals surface area contributed by atoms with Gasteiger partial charge in [0.2, 0.25) is 0 Å². The molecule has 1 fully saturated rings. The summed E-state index contributed by atoms with van der Waals surface area (Å²) in [6.07, 6.45) is 2.39. The highest BCUT2D eigenvalue weighted by molar-refractivity contribution is 6.30. The molecule has 1 unspecified atom stereocenters. The minimum Gasteiger partial charge on any atom is -0.310 e. The summed E-state index contributed by atoms with van der Waals surface area (Å²) in [7, 11) is 0. The summed E-state index contributed by atoms with van der Waals surface area (Å²) in [6.45, 7) is 5.22. The predicted octanol–water partition coefficient (Wildman–Crippen LogP) is 3.84. The first-order valence-electron chi connectivity index (χ1n) is 6.99. The molecule has 0 amide bonds. The smallest absolute Gasteiger partial charge is 0.159 e. The molecule has 1 aliphatic rings. The van der Waals surface area contributed by atoms with Crippen molar-refractivity contribution >= 4 is 11.6 Å². The summed E-state index contributed by atoms with van der Waals surface area (Å²) in [6, 6.07) is 8.10. The van der Waals surface area contributed by atoms with Gasteiger partial charge in [0.1, 0.15) is 0 Å². The van der Waals surface area contributed by atoms with E-state index in [1.165, 1.54) is 18.4 Å². The van der Waals surface area contributed by atoms with Gasteiger partial charge in [0.05, 0.1) is 0 Å². The summed E-state index contributed by atoms with van der Waals surface area (Å²) in [5.74, 6) is 0.754. The van der Waals surface area contributed by atoms with E-state index in [1.54, 1.807) is 0 Å². The number of hydrogen-bond donors (Lipinski definition) is 1. The molecular formula is C16H18ClN3. The maximum atomic E-state index is 6.04. The number of rotatable bonds is 2. The van der Waals surface area contributed by atoms with Crippen LogP contribution in [-0.4, -0.2) is 16.5 Å². The standard InChI is InChI=1S/C16H18ClN3/c1-10-15(14-7-4-8-18-14)11(2)20-16(19-10)12-5-3-6-13(17)9-12/h3,5-6,9,14,18H,4,7-8H2,1-2H3. The maximum Gasteiger partial charge on any atom is 0.159 e. The molecule has 1 saturated heterocycles. The van der Waals surface area contributed by atoms with Crippen LogP contribution in [0.2, 0.25) is 5.02 Å². The van der Waals surface area contributed by atoms with E-state index in [0.717, 1.165) is 29.3 Å². The minimum absolute atomic E-state index is 0.406. The molecule has 0 radical (unpaired) electrons. The van der Waals surface area contributed by atoms with E-state index in [-0.39, 0.29) is 0 Å². The fourth-order valence-electron chi connectivity index (χ4n) is 2.92. The number of hydrogen-bond acceptors (Lipinski definition) is 3. The molecule has 1 aromatic heterocycles. The number of nitrogens with one attached hydrogen (secondary N) is 1. The molecule has 0 saturated carbocycles. The van der Waals surface area contributed by atoms with Crippen molar-refractivity contribution in [2.45, 2.75) is 32.7 Å². The summed E-state index contributed by atoms with van der Waals surface area (Å²) in [5.41, 5.74) is 4.35. The third-order valence-corrected chi connectivity index (χ3v) is 4.05. The highest BCUT2D eigenvalue weighted by Gasteiger charge is 2.22. The van der Waals surface area contributed by atoms with Crippen LogP contribution in [-0.2, 0) is 0 Å². The summed E-state index contributed by atoms with van der Waals surface area (Å²) >= 11 is 6.04. The van der Waals surface area contributed by atoms with Gasteiger partial charge in [0, 0.05) is 33.6 Å². The first-order chi connectivity index (χ1) is 9.65. The molecule has 0 aliphatic carbocycles. The van der Waals surface area contributed by atoms with Gasteiger partial charge in [-0.2, -0.15) is 0 Å². The molecule has 2 aromatic rings. The fourth-order valence-corrected chi connectivity index (χ4v) is 3.11. The molecule has 0 spiro atoms. The Morgan fingerprint density at radius 2 is 1.95 bits per heavy atom. The largest absolute Gasteiger partial charge is 0.310 e. The molecule has 1 aliphatic heterocycles. The van der Waals surface area contributed by atoms with Crippen LogP contribution in [0.1, 0.15) is 35.8 Å². The van der Waals surface area contributed by atoms with Crippen molar-refractivity contribution in [2.75, 3.05) is 6.54 Å². The SMILES string of the molecule is Cc1nc(-c2cccc(Cl)c2)nc(C)c1C1CCCN1. The van der Waals surface area contributed by atoms with Crippen LogP contribution in [0.25, 0.3) is 11.4 Å². The lowest BCUT2D eigenvalue weighted by Gasteiger charge is -2.16. The van der Waals surface area contributed by atoms with Crippen LogP contribution < -0.4 is 5.32 Å². The molecule has 3 nitrogen and oxygen atoms in total. The van der Waals surface area contributed by atoms with E-state index in [9.17, 15) is 0 Å². The Morgan fingerprint density at radius 1 is 1.20 bits per heavy atom. The molecule has 2 heterocycles. The maximum absolute atomic E-state index is 6.04. The first-order valence-corrected chi connectivity index (χ1v) is 7.37. The average molecular weight is 288 g/mol. The number of aromatic nitrogens is 2. The summed E-state index contributed by atoms with van der Waals surface area (Å²) in [5, 5.41) is 4.23. The summed E-state index contributed by atoms with van der Waals surface area (Å²) < 4.78 is 0. The van der Waals surface area contributed by atoms with Gasteiger partial charge >= 0.3 is 0 Å². The second kappa shape index (κ2) is 5.51. The topological polar surface area (TPSA) is 37.8 Å². The second-order valence-electron chi connectivity index (χ2n) is 5.29. The lowest BCUT2D eigenvalue weighted by Crippen LogP contribution is -2.17. The monoisotopic (exact) mass is 287 g/mol. The quantitative estimate of drug-likeness (QED) is 0.912. The molecular weight excluding hydrogens is 270 g/mol. The van der Waals surface area contributed by atoms with E-state index in [4.69, 9.17) is 11.6 Å². The van der Waals surface area contributed by atoms with Crippen LogP contribution in [0.3, 0.4) is 0 Å². The molecule has 104 valence electrons. The summed E-state index contributed by atoms with van der Waals surface area (Å²) in [4.78, 5) is 9.36. The fraction of sp³-hybridized carbons (Fsp3) is 0.375. The Labute approximate surface area is 124 Å². The highest BCUT2D eigenvalue weighted by Crippen LogP contribution is 2.29. The van der Waals surface area contributed by atoms with Gasteiger partial charge in [-0.1, -0.05) is 23.7 Å². The number of nitrogens with zero attached hydrogens (tertiary/aromatic N) is 2. The van der Waals surface area contributed by atoms with Crippen LogP contribution in [0.4, 0.5) is 0 Å². The molecule has 1 aromatic carbocycles. The predicted molar refractivity (Wildman–Crippen MR) is 81.9 cm³/mol. The molecule has 0 bridgehead atoms. The highest BCUT2D eigenvalue weighted by atomic mass is 35.5. The zero-order valence-corrected chi connectivity index (χ0v) is 12.5. The van der Waals surface area contributed by atoms with E-state index < -0.39 is 0 Å². The Kier molecular flexibility index (Phi) is 3.72. The van der Waals surface area contributed by atoms with Crippen molar-refractivity contribution in [3.05, 3.63) is 46.2 Å². The number of halogens is 1. The second-order valence-corrected chi connectivity index (χ2v) is 5.73. The van der Waals surface area contributed by atoms with Gasteiger partial charge in [-0.3, -0.25) is 0 Å². The van der Waals surface area contributed by atoms with Crippen molar-refractivity contribution in [3.8, 4) is 11.4 Å². The lowest BCUT2D eigenvalue weighted by atomic mass is 10.0. The van der Waals surface area contributed by atoms with E-state index in [2.05, 4.69) is 29.1 Å². The van der Waals surface area contributed by atoms with Crippen molar-refractivity contribution in [3.63, 3.8) is 0 Å². The normalized spacial score (nSPS) is 18.4. The van der Waals surface area contributed by atoms with Gasteiger partial charge in [0.25, 0.3) is 0 Å². The zero-order valence-electron chi connectivity index (χ0n) is 11.8. The van der Waals surface area contributed by atoms with E-state index >= 15 is 0 Å². The van der Waals surface area contributed by atoms with Gasteiger partial charge in [-0.25, -0.2) is 9.97 Å². The van der Waals surface area contributed by atoms with Crippen LogP contribution >= 0.6 is 11.6 Å². The minimum atomic E-state index is 0.406. The van der Waals surface area contributed by atoms with Gasteiger partial charge in [-0.05, 0) is 45.4 Å². The van der Waals surface area contributed by atoms with E-state index in [1.807, 2.05) is 24.3 Å². The lowest BCUT2D eigenvalue weighted by molar-refractivity contribution is 0.630. The molecule has 20 heavy (non-hydrogen) atoms. The van der Waals surface area contributed by atoms with Crippen molar-refractivity contribution in [1.29, 1.82) is 0 Å². The molecule has 1 N–H and O–H groups in total. The van der Waals surface area contributed by atoms with Crippen LogP contribution in [0.5, 0.6) is 0 Å². The van der Waals surface area contributed by atoms with Crippen LogP contribution in [0.15, 0.2) is 24.3 Å². The molecule has 4 heteroatoms. The first kappa shape index (κ1) is 13.5. The average Bonchev–Trinajstić information content (AvgIpc) is 2.91. The van der Waals surface area contributed by atoms with E-state index in [0.29, 0.717) is 11.1 Å². The number of benzene rings is 1. The Bertz CT molecular complexity index is 610. The Balaban J connectivity index is 2.03. The third-order valence-electron chi connectivity index (χ3n) is 3.82. The molecule has 1 atom stereocenters. The Morgan fingerprint density at radius 3 is 2.55 bits per heavy atom. The van der Waals surface area contributed by atoms with Gasteiger partial charge in [0.15, 0.2) is 5.82 Å². The zero-order chi connectivity index (χ0) is 14.1. The van der Waals surface area contributed by atoms with Gasteiger partial charge in [-0.15, -0.1) is 0 Å². The van der Waals surface area contributed by atoms with Crippen LogP contribution in [0, 0.1) is 13.8 Å².